The fraction of sp³-hybridized carbons (Fsp3) is 0.500. The van der Waals surface area contributed by atoms with E-state index in [1.54, 1.807) is 24.3 Å². The van der Waals surface area contributed by atoms with Crippen molar-refractivity contribution >= 4 is 32.6 Å². The molecule has 1 rings (SSSR count). The predicted octanol–water partition coefficient (Wildman–Crippen LogP) is 2.79. The summed E-state index contributed by atoms with van der Waals surface area (Å²) in [6.07, 6.45) is 0.885. The number of carbonyl (C=O) groups excluding carboxylic acids is 1. The van der Waals surface area contributed by atoms with Gasteiger partial charge in [0.25, 0.3) is 0 Å². The molecule has 21 heavy (non-hydrogen) atoms. The highest BCUT2D eigenvalue weighted by Gasteiger charge is 2.29. The number of nitrogens with zero attached hydrogens (tertiary/aromatic N) is 1. The number of benzene rings is 1. The Labute approximate surface area is 130 Å². The number of hydrogen-bond acceptors (Lipinski definition) is 4. The van der Waals surface area contributed by atoms with Crippen LogP contribution in [0.25, 0.3) is 0 Å². The third-order valence-corrected chi connectivity index (χ3v) is 5.08. The summed E-state index contributed by atoms with van der Waals surface area (Å²) in [6.45, 7) is 5.57. The van der Waals surface area contributed by atoms with Gasteiger partial charge in [-0.25, -0.2) is 8.42 Å². The van der Waals surface area contributed by atoms with Crippen LogP contribution in [0, 0.1) is 0 Å². The molecule has 0 saturated carbocycles. The first-order valence-electron chi connectivity index (χ1n) is 6.77. The summed E-state index contributed by atoms with van der Waals surface area (Å²) >= 11 is 5.47. The van der Waals surface area contributed by atoms with E-state index in [4.69, 9.17) is 16.3 Å². The van der Waals surface area contributed by atoms with Crippen molar-refractivity contribution in [2.45, 2.75) is 33.2 Å². The zero-order valence-corrected chi connectivity index (χ0v) is 13.9. The van der Waals surface area contributed by atoms with Crippen molar-refractivity contribution in [2.24, 2.45) is 0 Å². The summed E-state index contributed by atoms with van der Waals surface area (Å²) in [7, 11) is -3.60. The van der Waals surface area contributed by atoms with Crippen LogP contribution >= 0.6 is 11.6 Å². The summed E-state index contributed by atoms with van der Waals surface area (Å²) in [4.78, 5) is 11.4. The predicted molar refractivity (Wildman–Crippen MR) is 84.5 cm³/mol. The Balaban J connectivity index is 3.12. The van der Waals surface area contributed by atoms with Crippen molar-refractivity contribution < 1.29 is 17.9 Å². The van der Waals surface area contributed by atoms with E-state index in [0.717, 1.165) is 10.7 Å². The Morgan fingerprint density at radius 3 is 2.29 bits per heavy atom. The van der Waals surface area contributed by atoms with Gasteiger partial charge in [-0.1, -0.05) is 6.92 Å². The number of rotatable bonds is 8. The first-order valence-corrected chi connectivity index (χ1v) is 8.76. The smallest absolute Gasteiger partial charge is 0.245 e. The van der Waals surface area contributed by atoms with Crippen LogP contribution in [0.1, 0.15) is 27.2 Å². The molecule has 0 amide bonds. The summed E-state index contributed by atoms with van der Waals surface area (Å²) in [5, 5.41) is -0.724. The minimum Gasteiger partial charge on any atom is -0.494 e. The van der Waals surface area contributed by atoms with Crippen LogP contribution in [0.4, 0.5) is 5.69 Å². The first-order chi connectivity index (χ1) is 9.83. The molecular formula is C14H20ClNO4S. The SMILES string of the molecule is CCCOc1ccc(N(C(C)C(=O)Cl)S(=O)(=O)CC)cc1. The number of anilines is 1. The van der Waals surface area contributed by atoms with Gasteiger partial charge in [-0.3, -0.25) is 9.10 Å². The summed E-state index contributed by atoms with van der Waals surface area (Å²) in [5.41, 5.74) is 0.391. The van der Waals surface area contributed by atoms with Crippen LogP contribution < -0.4 is 9.04 Å². The molecule has 7 heteroatoms. The lowest BCUT2D eigenvalue weighted by molar-refractivity contribution is -0.112. The van der Waals surface area contributed by atoms with Crippen molar-refractivity contribution in [3.63, 3.8) is 0 Å². The average Bonchev–Trinajstić information content (AvgIpc) is 2.46. The maximum absolute atomic E-state index is 12.2. The van der Waals surface area contributed by atoms with Crippen LogP contribution in [-0.2, 0) is 14.8 Å². The highest BCUT2D eigenvalue weighted by molar-refractivity contribution is 7.92. The van der Waals surface area contributed by atoms with E-state index in [1.165, 1.54) is 13.8 Å². The molecule has 1 atom stereocenters. The van der Waals surface area contributed by atoms with Crippen molar-refractivity contribution in [1.29, 1.82) is 0 Å². The minimum absolute atomic E-state index is 0.115. The molecular weight excluding hydrogens is 314 g/mol. The zero-order valence-electron chi connectivity index (χ0n) is 12.4. The van der Waals surface area contributed by atoms with Crippen molar-refractivity contribution in [2.75, 3.05) is 16.7 Å². The molecule has 0 fully saturated rings. The van der Waals surface area contributed by atoms with Gasteiger partial charge in [0.2, 0.25) is 15.3 Å². The second-order valence-electron chi connectivity index (χ2n) is 4.52. The molecule has 1 aromatic rings. The summed E-state index contributed by atoms with van der Waals surface area (Å²) in [6, 6.07) is 5.60. The molecule has 5 nitrogen and oxygen atoms in total. The quantitative estimate of drug-likeness (QED) is 0.686. The van der Waals surface area contributed by atoms with Gasteiger partial charge in [0.15, 0.2) is 0 Å². The van der Waals surface area contributed by atoms with Crippen molar-refractivity contribution in [3.8, 4) is 5.75 Å². The van der Waals surface area contributed by atoms with E-state index in [9.17, 15) is 13.2 Å². The third-order valence-electron chi connectivity index (χ3n) is 2.91. The van der Waals surface area contributed by atoms with Crippen LogP contribution in [-0.4, -0.2) is 32.1 Å². The van der Waals surface area contributed by atoms with E-state index in [2.05, 4.69) is 0 Å². The second kappa shape index (κ2) is 7.66. The van der Waals surface area contributed by atoms with Gasteiger partial charge in [0.1, 0.15) is 11.8 Å². The number of halogens is 1. The van der Waals surface area contributed by atoms with Gasteiger partial charge in [-0.15, -0.1) is 0 Å². The maximum atomic E-state index is 12.2. The first kappa shape index (κ1) is 17.8. The Kier molecular flexibility index (Phi) is 6.48. The van der Waals surface area contributed by atoms with Gasteiger partial charge < -0.3 is 4.74 Å². The normalized spacial score (nSPS) is 12.8. The van der Waals surface area contributed by atoms with Crippen LogP contribution in [0.3, 0.4) is 0 Å². The minimum atomic E-state index is -3.60. The van der Waals surface area contributed by atoms with Gasteiger partial charge in [-0.05, 0) is 56.1 Å². The maximum Gasteiger partial charge on any atom is 0.245 e. The number of sulfonamides is 1. The number of carbonyl (C=O) groups is 1. The average molecular weight is 334 g/mol. The Morgan fingerprint density at radius 1 is 1.29 bits per heavy atom. The monoisotopic (exact) mass is 333 g/mol. The largest absolute Gasteiger partial charge is 0.494 e. The molecule has 0 heterocycles. The topological polar surface area (TPSA) is 63.7 Å². The molecule has 1 unspecified atom stereocenters. The molecule has 0 aliphatic carbocycles. The van der Waals surface area contributed by atoms with Crippen LogP contribution in [0.5, 0.6) is 5.75 Å². The van der Waals surface area contributed by atoms with Crippen molar-refractivity contribution in [1.82, 2.24) is 0 Å². The molecule has 0 aliphatic rings. The molecule has 0 aliphatic heterocycles. The Bertz CT molecular complexity index is 571. The molecule has 0 bridgehead atoms. The fourth-order valence-electron chi connectivity index (χ4n) is 1.77. The molecule has 0 spiro atoms. The summed E-state index contributed by atoms with van der Waals surface area (Å²) < 4.78 is 30.9. The molecule has 0 aromatic heterocycles. The molecule has 118 valence electrons. The molecule has 0 saturated heterocycles. The standard InChI is InChI=1S/C14H20ClNO4S/c1-4-10-20-13-8-6-12(7-9-13)16(11(3)14(15)17)21(18,19)5-2/h6-9,11H,4-5,10H2,1-3H3. The second-order valence-corrected chi connectivity index (χ2v) is 7.03. The summed E-state index contributed by atoms with van der Waals surface area (Å²) in [5.74, 6) is 0.537. The van der Waals surface area contributed by atoms with Crippen LogP contribution in [0.15, 0.2) is 24.3 Å². The zero-order chi connectivity index (χ0) is 16.0. The Hall–Kier alpha value is -1.27. The van der Waals surface area contributed by atoms with Crippen LogP contribution in [0.2, 0.25) is 0 Å². The van der Waals surface area contributed by atoms with Gasteiger partial charge in [0, 0.05) is 0 Å². The van der Waals surface area contributed by atoms with E-state index in [1.807, 2.05) is 6.92 Å². The number of hydrogen-bond donors (Lipinski definition) is 0. The van der Waals surface area contributed by atoms with Crippen molar-refractivity contribution in [3.05, 3.63) is 24.3 Å². The lowest BCUT2D eigenvalue weighted by atomic mass is 10.2. The highest BCUT2D eigenvalue weighted by atomic mass is 35.5. The van der Waals surface area contributed by atoms with E-state index in [0.29, 0.717) is 18.0 Å². The number of ether oxygens (including phenoxy) is 1. The molecule has 0 N–H and O–H groups in total. The van der Waals surface area contributed by atoms with Gasteiger partial charge >= 0.3 is 0 Å². The van der Waals surface area contributed by atoms with Gasteiger partial charge in [0.05, 0.1) is 18.0 Å². The highest BCUT2D eigenvalue weighted by Crippen LogP contribution is 2.25. The molecule has 0 radical (unpaired) electrons. The third kappa shape index (κ3) is 4.61. The lowest BCUT2D eigenvalue weighted by Gasteiger charge is -2.27. The Morgan fingerprint density at radius 2 is 1.86 bits per heavy atom. The van der Waals surface area contributed by atoms with Gasteiger partial charge in [-0.2, -0.15) is 0 Å². The van der Waals surface area contributed by atoms with E-state index >= 15 is 0 Å². The fourth-order valence-corrected chi connectivity index (χ4v) is 3.22. The van der Waals surface area contributed by atoms with E-state index < -0.39 is 21.3 Å². The molecule has 1 aromatic carbocycles. The lowest BCUT2D eigenvalue weighted by Crippen LogP contribution is -2.42. The van der Waals surface area contributed by atoms with E-state index in [-0.39, 0.29) is 5.75 Å².